The molecule has 2 atom stereocenters. The topological polar surface area (TPSA) is 83.0 Å². The van der Waals surface area contributed by atoms with Gasteiger partial charge in [0, 0.05) is 42.7 Å². The molecule has 2 aromatic carbocycles. The van der Waals surface area contributed by atoms with Crippen molar-refractivity contribution in [3.63, 3.8) is 0 Å². The highest BCUT2D eigenvalue weighted by Gasteiger charge is 2.32. The summed E-state index contributed by atoms with van der Waals surface area (Å²) in [4.78, 5) is 30.2. The van der Waals surface area contributed by atoms with Crippen molar-refractivity contribution < 1.29 is 23.1 Å². The predicted molar refractivity (Wildman–Crippen MR) is 122 cm³/mol. The number of carbonyl (C=O) groups excluding carboxylic acids is 2. The second kappa shape index (κ2) is 8.80. The molecule has 0 radical (unpaired) electrons. The lowest BCUT2D eigenvalue weighted by molar-refractivity contribution is -0.115. The number of halogens is 2. The lowest BCUT2D eigenvalue weighted by Gasteiger charge is -2.24. The monoisotopic (exact) mass is 456 g/mol. The third kappa shape index (κ3) is 5.13. The summed E-state index contributed by atoms with van der Waals surface area (Å²) in [6.45, 7) is 6.37. The van der Waals surface area contributed by atoms with Crippen molar-refractivity contribution in [2.24, 2.45) is 4.99 Å². The van der Waals surface area contributed by atoms with Crippen LogP contribution in [0, 0.1) is 11.6 Å². The van der Waals surface area contributed by atoms with Crippen LogP contribution in [0.3, 0.4) is 0 Å². The average Bonchev–Trinajstić information content (AvgIpc) is 3.32. The molecule has 0 spiro atoms. The maximum atomic E-state index is 14.7. The van der Waals surface area contributed by atoms with Crippen molar-refractivity contribution in [3.05, 3.63) is 53.6 Å². The van der Waals surface area contributed by atoms with Gasteiger partial charge in [-0.3, -0.25) is 9.79 Å². The summed E-state index contributed by atoms with van der Waals surface area (Å²) in [6, 6.07) is 8.73. The van der Waals surface area contributed by atoms with Crippen LogP contribution in [0.1, 0.15) is 38.7 Å². The van der Waals surface area contributed by atoms with E-state index in [2.05, 4.69) is 15.6 Å². The van der Waals surface area contributed by atoms with Gasteiger partial charge in [-0.15, -0.1) is 0 Å². The average molecular weight is 456 g/mol. The van der Waals surface area contributed by atoms with E-state index >= 15 is 0 Å². The van der Waals surface area contributed by atoms with E-state index in [0.29, 0.717) is 36.6 Å². The molecule has 2 unspecified atom stereocenters. The Hall–Kier alpha value is -3.49. The molecule has 0 aromatic heterocycles. The Morgan fingerprint density at radius 3 is 2.76 bits per heavy atom. The predicted octanol–water partition coefficient (Wildman–Crippen LogP) is 4.82. The number of fused-ring (bicyclic) bond motifs is 1. The maximum absolute atomic E-state index is 14.7. The fourth-order valence-corrected chi connectivity index (χ4v) is 3.90. The molecule has 0 bridgehead atoms. The van der Waals surface area contributed by atoms with E-state index in [1.807, 2.05) is 20.8 Å². The Morgan fingerprint density at radius 2 is 2.03 bits per heavy atom. The number of rotatable bonds is 4. The second-order valence-corrected chi connectivity index (χ2v) is 9.17. The molecule has 2 heterocycles. The van der Waals surface area contributed by atoms with Gasteiger partial charge in [-0.2, -0.15) is 0 Å². The molecular weight excluding hydrogens is 430 g/mol. The number of carbonyl (C=O) groups is 2. The first kappa shape index (κ1) is 22.7. The summed E-state index contributed by atoms with van der Waals surface area (Å²) in [5.74, 6) is -2.26. The maximum Gasteiger partial charge on any atom is 0.410 e. The third-order valence-electron chi connectivity index (χ3n) is 5.43. The first-order chi connectivity index (χ1) is 15.6. The molecule has 7 nitrogen and oxygen atoms in total. The van der Waals surface area contributed by atoms with Gasteiger partial charge < -0.3 is 20.3 Å². The molecule has 4 rings (SSSR count). The summed E-state index contributed by atoms with van der Waals surface area (Å²) in [5, 5.41) is 5.74. The summed E-state index contributed by atoms with van der Waals surface area (Å²) < 4.78 is 34.2. The third-order valence-corrected chi connectivity index (χ3v) is 5.43. The number of hydrogen-bond donors (Lipinski definition) is 2. The molecule has 9 heteroatoms. The molecule has 174 valence electrons. The summed E-state index contributed by atoms with van der Waals surface area (Å²) in [5.41, 5.74) is 0.676. The SMILES string of the molecule is CC(C)(C)OC(=O)N1CCC(Nc2ccc(N=CC3C(=O)Nc4cccc(F)c43)cc2F)C1. The summed E-state index contributed by atoms with van der Waals surface area (Å²) in [7, 11) is 0. The Kier molecular flexibility index (Phi) is 6.05. The number of aliphatic imine (C=N–C) groups is 1. The largest absolute Gasteiger partial charge is 0.444 e. The van der Waals surface area contributed by atoms with Gasteiger partial charge in [0.15, 0.2) is 0 Å². The molecule has 2 N–H and O–H groups in total. The standard InChI is InChI=1S/C24H26F2N4O3/c1-24(2,3)33-23(32)30-10-9-15(13-30)28-19-8-7-14(11-18(19)26)27-12-16-21-17(25)5-4-6-20(21)29-22(16)31/h4-8,11-12,15-16,28H,9-10,13H2,1-3H3,(H,29,31). The second-order valence-electron chi connectivity index (χ2n) is 9.17. The van der Waals surface area contributed by atoms with Crippen molar-refractivity contribution in [2.75, 3.05) is 23.7 Å². The molecule has 2 aliphatic heterocycles. The summed E-state index contributed by atoms with van der Waals surface area (Å²) >= 11 is 0. The molecule has 2 aromatic rings. The van der Waals surface area contributed by atoms with Crippen molar-refractivity contribution in [1.82, 2.24) is 4.90 Å². The minimum absolute atomic E-state index is 0.108. The van der Waals surface area contributed by atoms with E-state index < -0.39 is 23.2 Å². The van der Waals surface area contributed by atoms with Gasteiger partial charge >= 0.3 is 6.09 Å². The Balaban J connectivity index is 1.40. The van der Waals surface area contributed by atoms with Crippen LogP contribution in [0.5, 0.6) is 0 Å². The molecule has 2 amide bonds. The van der Waals surface area contributed by atoms with E-state index in [9.17, 15) is 18.4 Å². The highest BCUT2D eigenvalue weighted by Crippen LogP contribution is 2.34. The number of benzene rings is 2. The van der Waals surface area contributed by atoms with E-state index in [0.717, 1.165) is 0 Å². The molecule has 0 aliphatic carbocycles. The van der Waals surface area contributed by atoms with Crippen LogP contribution in [0.2, 0.25) is 0 Å². The fourth-order valence-electron chi connectivity index (χ4n) is 3.90. The van der Waals surface area contributed by atoms with Crippen LogP contribution in [0.4, 0.5) is 30.6 Å². The van der Waals surface area contributed by atoms with Crippen molar-refractivity contribution >= 4 is 35.3 Å². The van der Waals surface area contributed by atoms with Crippen LogP contribution >= 0.6 is 0 Å². The molecule has 2 aliphatic rings. The zero-order valence-electron chi connectivity index (χ0n) is 18.7. The minimum Gasteiger partial charge on any atom is -0.444 e. The van der Waals surface area contributed by atoms with Crippen molar-refractivity contribution in [3.8, 4) is 0 Å². The first-order valence-corrected chi connectivity index (χ1v) is 10.8. The van der Waals surface area contributed by atoms with E-state index in [1.54, 1.807) is 23.1 Å². The highest BCUT2D eigenvalue weighted by molar-refractivity contribution is 6.12. The van der Waals surface area contributed by atoms with Crippen molar-refractivity contribution in [1.29, 1.82) is 0 Å². The van der Waals surface area contributed by atoms with E-state index in [-0.39, 0.29) is 23.6 Å². The van der Waals surface area contributed by atoms with Gasteiger partial charge in [-0.25, -0.2) is 13.6 Å². The van der Waals surface area contributed by atoms with Gasteiger partial charge in [-0.05, 0) is 51.5 Å². The van der Waals surface area contributed by atoms with Gasteiger partial charge in [0.25, 0.3) is 0 Å². The van der Waals surface area contributed by atoms with Gasteiger partial charge in [-0.1, -0.05) is 6.07 Å². The van der Waals surface area contributed by atoms with Crippen LogP contribution in [0.15, 0.2) is 41.4 Å². The zero-order valence-corrected chi connectivity index (χ0v) is 18.7. The summed E-state index contributed by atoms with van der Waals surface area (Å²) in [6.07, 6.45) is 1.60. The van der Waals surface area contributed by atoms with Gasteiger partial charge in [0.2, 0.25) is 5.91 Å². The first-order valence-electron chi connectivity index (χ1n) is 10.8. The smallest absolute Gasteiger partial charge is 0.410 e. The lowest BCUT2D eigenvalue weighted by Crippen LogP contribution is -2.36. The Bertz CT molecular complexity index is 1110. The quantitative estimate of drug-likeness (QED) is 0.646. The van der Waals surface area contributed by atoms with Gasteiger partial charge in [0.05, 0.1) is 11.4 Å². The Labute approximate surface area is 190 Å². The number of amides is 2. The number of likely N-dealkylation sites (tertiary alicyclic amines) is 1. The van der Waals surface area contributed by atoms with E-state index in [1.165, 1.54) is 24.4 Å². The number of hydrogen-bond acceptors (Lipinski definition) is 5. The lowest BCUT2D eigenvalue weighted by atomic mass is 10.0. The molecule has 0 saturated carbocycles. The van der Waals surface area contributed by atoms with Crippen LogP contribution in [-0.4, -0.2) is 47.8 Å². The fraction of sp³-hybridized carbons (Fsp3) is 0.375. The van der Waals surface area contributed by atoms with Crippen molar-refractivity contribution in [2.45, 2.75) is 44.8 Å². The molecule has 33 heavy (non-hydrogen) atoms. The van der Waals surface area contributed by atoms with Crippen LogP contribution in [-0.2, 0) is 9.53 Å². The van der Waals surface area contributed by atoms with Gasteiger partial charge in [0.1, 0.15) is 23.2 Å². The Morgan fingerprint density at radius 1 is 1.24 bits per heavy atom. The minimum atomic E-state index is -0.876. The van der Waals surface area contributed by atoms with Crippen LogP contribution in [0.25, 0.3) is 0 Å². The zero-order chi connectivity index (χ0) is 23.8. The highest BCUT2D eigenvalue weighted by atomic mass is 19.1. The number of nitrogens with zero attached hydrogens (tertiary/aromatic N) is 2. The normalized spacial score (nSPS) is 20.2. The number of ether oxygens (including phenoxy) is 1. The molecule has 1 fully saturated rings. The van der Waals surface area contributed by atoms with Crippen LogP contribution < -0.4 is 10.6 Å². The molecule has 1 saturated heterocycles. The van der Waals surface area contributed by atoms with E-state index in [4.69, 9.17) is 4.74 Å². The molecular formula is C24H26F2N4O3. The number of nitrogens with one attached hydrogen (secondary N) is 2. The number of anilines is 2.